The zero-order valence-corrected chi connectivity index (χ0v) is 16.2. The van der Waals surface area contributed by atoms with E-state index in [-0.39, 0.29) is 12.1 Å². The minimum Gasteiger partial charge on any atom is -0.419 e. The highest BCUT2D eigenvalue weighted by Gasteiger charge is 2.20. The van der Waals surface area contributed by atoms with Gasteiger partial charge in [-0.05, 0) is 33.9 Å². The van der Waals surface area contributed by atoms with Crippen LogP contribution in [-0.4, -0.2) is 72.8 Å². The molecule has 0 heterocycles. The average molecular weight is 337 g/mol. The maximum Gasteiger partial charge on any atom is 0.199 e. The summed E-state index contributed by atoms with van der Waals surface area (Å²) in [5.41, 5.74) is 5.61. The number of rotatable bonds is 14. The van der Waals surface area contributed by atoms with Crippen molar-refractivity contribution in [2.75, 3.05) is 46.3 Å². The molecule has 3 atom stereocenters. The van der Waals surface area contributed by atoms with Crippen molar-refractivity contribution in [1.82, 2.24) is 5.32 Å². The lowest BCUT2D eigenvalue weighted by molar-refractivity contribution is -0.0326. The number of nitrogens with one attached hydrogen (secondary N) is 1. The van der Waals surface area contributed by atoms with Gasteiger partial charge in [0.2, 0.25) is 0 Å². The summed E-state index contributed by atoms with van der Waals surface area (Å²) in [6.07, 6.45) is 0.991. The van der Waals surface area contributed by atoms with Gasteiger partial charge in [-0.25, -0.2) is 0 Å². The molecule has 0 radical (unpaired) electrons. The van der Waals surface area contributed by atoms with Crippen LogP contribution in [0.4, 0.5) is 0 Å². The molecule has 6 nitrogen and oxygen atoms in total. The molecule has 3 N–H and O–H groups in total. The Balaban J connectivity index is 3.48. The largest absolute Gasteiger partial charge is 0.419 e. The molecule has 0 bridgehead atoms. The molecule has 0 rings (SSSR count). The molecule has 0 aliphatic carbocycles. The fraction of sp³-hybridized carbons (Fsp3) is 1.00. The van der Waals surface area contributed by atoms with Gasteiger partial charge in [-0.1, -0.05) is 0 Å². The monoisotopic (exact) mass is 336 g/mol. The summed E-state index contributed by atoms with van der Waals surface area (Å²) in [5.74, 6) is 0. The van der Waals surface area contributed by atoms with E-state index >= 15 is 0 Å². The molecule has 0 aliphatic heterocycles. The summed E-state index contributed by atoms with van der Waals surface area (Å²) in [6, 6.07) is 0.379. The molecule has 0 fully saturated rings. The first-order chi connectivity index (χ1) is 10.3. The van der Waals surface area contributed by atoms with E-state index in [1.807, 2.05) is 13.8 Å². The van der Waals surface area contributed by atoms with E-state index in [9.17, 15) is 0 Å². The molecule has 134 valence electrons. The molecule has 0 aromatic carbocycles. The number of nitrogens with two attached hydrogens (primary N) is 1. The van der Waals surface area contributed by atoms with E-state index < -0.39 is 8.32 Å². The first-order valence-corrected chi connectivity index (χ1v) is 11.2. The van der Waals surface area contributed by atoms with Crippen molar-refractivity contribution in [3.8, 4) is 0 Å². The highest BCUT2D eigenvalue weighted by molar-refractivity contribution is 6.71. The second kappa shape index (κ2) is 12.4. The Morgan fingerprint density at radius 1 is 1.00 bits per heavy atom. The Bertz CT molecular complexity index is 268. The minimum atomic E-state index is -1.54. The molecule has 0 aliphatic rings. The molecule has 7 heteroatoms. The van der Waals surface area contributed by atoms with E-state index in [4.69, 9.17) is 24.4 Å². The molecular formula is C15H36N2O4Si. The van der Waals surface area contributed by atoms with Gasteiger partial charge in [-0.15, -0.1) is 0 Å². The van der Waals surface area contributed by atoms with Crippen molar-refractivity contribution in [2.24, 2.45) is 5.73 Å². The number of hydrogen-bond donors (Lipinski definition) is 2. The lowest BCUT2D eigenvalue weighted by atomic mass is 10.4. The van der Waals surface area contributed by atoms with Crippen LogP contribution in [0.2, 0.25) is 13.1 Å². The van der Waals surface area contributed by atoms with Gasteiger partial charge < -0.3 is 29.7 Å². The minimum absolute atomic E-state index is 0.0615. The first-order valence-electron chi connectivity index (χ1n) is 8.08. The standard InChI is InChI=1S/C15H36N2O4Si/c1-13(16)9-20-11-15(3)21-8-7-19-10-14(2)17-12-22(5,6)18-4/h13-15,17H,7-12,16H2,1-6H3. The average Bonchev–Trinajstić information content (AvgIpc) is 2.44. The smallest absolute Gasteiger partial charge is 0.199 e. The maximum atomic E-state index is 5.61. The molecule has 0 aromatic rings. The third kappa shape index (κ3) is 13.6. The molecule has 22 heavy (non-hydrogen) atoms. The topological polar surface area (TPSA) is 75.0 Å². The third-order valence-corrected chi connectivity index (χ3v) is 5.32. The maximum absolute atomic E-state index is 5.61. The first kappa shape index (κ1) is 22.0. The van der Waals surface area contributed by atoms with Crippen LogP contribution in [0.5, 0.6) is 0 Å². The van der Waals surface area contributed by atoms with Crippen LogP contribution in [0, 0.1) is 0 Å². The fourth-order valence-electron chi connectivity index (χ4n) is 1.59. The fourth-order valence-corrected chi connectivity index (χ4v) is 2.57. The van der Waals surface area contributed by atoms with Gasteiger partial charge in [0.05, 0.1) is 39.1 Å². The lowest BCUT2D eigenvalue weighted by Gasteiger charge is -2.23. The highest BCUT2D eigenvalue weighted by atomic mass is 28.4. The van der Waals surface area contributed by atoms with Crippen molar-refractivity contribution in [1.29, 1.82) is 0 Å². The Kier molecular flexibility index (Phi) is 12.4. The summed E-state index contributed by atoms with van der Waals surface area (Å²) < 4.78 is 22.1. The third-order valence-electron chi connectivity index (χ3n) is 3.16. The van der Waals surface area contributed by atoms with Gasteiger partial charge in [0.1, 0.15) is 0 Å². The van der Waals surface area contributed by atoms with Crippen LogP contribution >= 0.6 is 0 Å². The van der Waals surface area contributed by atoms with Crippen LogP contribution < -0.4 is 11.1 Å². The normalized spacial score (nSPS) is 16.5. The van der Waals surface area contributed by atoms with Crippen molar-refractivity contribution in [3.63, 3.8) is 0 Å². The summed E-state index contributed by atoms with van der Waals surface area (Å²) in [5, 5.41) is 3.45. The van der Waals surface area contributed by atoms with E-state index in [0.717, 1.165) is 6.17 Å². The van der Waals surface area contributed by atoms with Crippen molar-refractivity contribution < 1.29 is 18.6 Å². The van der Waals surface area contributed by atoms with Gasteiger partial charge in [-0.3, -0.25) is 0 Å². The van der Waals surface area contributed by atoms with Gasteiger partial charge in [-0.2, -0.15) is 0 Å². The van der Waals surface area contributed by atoms with Gasteiger partial charge >= 0.3 is 0 Å². The second-order valence-electron chi connectivity index (χ2n) is 6.52. The summed E-state index contributed by atoms with van der Waals surface area (Å²) >= 11 is 0. The van der Waals surface area contributed by atoms with E-state index in [0.29, 0.717) is 39.1 Å². The molecule has 0 spiro atoms. The zero-order valence-electron chi connectivity index (χ0n) is 15.2. The van der Waals surface area contributed by atoms with Crippen LogP contribution in [0.15, 0.2) is 0 Å². The zero-order chi connectivity index (χ0) is 17.0. The van der Waals surface area contributed by atoms with E-state index in [1.165, 1.54) is 0 Å². The molecular weight excluding hydrogens is 300 g/mol. The Hall–Kier alpha value is -0.0231. The summed E-state index contributed by atoms with van der Waals surface area (Å²) in [7, 11) is 0.239. The SMILES string of the molecule is CO[Si](C)(C)CNC(C)COCCOC(C)COCC(C)N. The van der Waals surface area contributed by atoms with Crippen molar-refractivity contribution in [3.05, 3.63) is 0 Å². The number of hydrogen-bond acceptors (Lipinski definition) is 6. The molecule has 0 amide bonds. The van der Waals surface area contributed by atoms with Crippen LogP contribution in [0.1, 0.15) is 20.8 Å². The predicted molar refractivity (Wildman–Crippen MR) is 92.7 cm³/mol. The Morgan fingerprint density at radius 3 is 2.27 bits per heavy atom. The van der Waals surface area contributed by atoms with E-state index in [1.54, 1.807) is 7.11 Å². The number of ether oxygens (including phenoxy) is 3. The van der Waals surface area contributed by atoms with Gasteiger partial charge in [0.25, 0.3) is 0 Å². The van der Waals surface area contributed by atoms with Crippen LogP contribution in [0.25, 0.3) is 0 Å². The van der Waals surface area contributed by atoms with Crippen LogP contribution in [-0.2, 0) is 18.6 Å². The van der Waals surface area contributed by atoms with Gasteiger partial charge in [0.15, 0.2) is 8.32 Å². The van der Waals surface area contributed by atoms with Crippen LogP contribution in [0.3, 0.4) is 0 Å². The quantitative estimate of drug-likeness (QED) is 0.366. The van der Waals surface area contributed by atoms with E-state index in [2.05, 4.69) is 25.3 Å². The van der Waals surface area contributed by atoms with Crippen molar-refractivity contribution >= 4 is 8.32 Å². The second-order valence-corrected chi connectivity index (χ2v) is 10.8. The molecule has 0 saturated carbocycles. The Morgan fingerprint density at radius 2 is 1.68 bits per heavy atom. The molecule has 3 unspecified atom stereocenters. The molecule has 0 aromatic heterocycles. The summed E-state index contributed by atoms with van der Waals surface area (Å²) in [4.78, 5) is 0. The summed E-state index contributed by atoms with van der Waals surface area (Å²) in [6.45, 7) is 13.4. The predicted octanol–water partition coefficient (Wildman–Crippen LogP) is 1.14. The van der Waals surface area contributed by atoms with Gasteiger partial charge in [0, 0.05) is 25.4 Å². The Labute approximate surface area is 137 Å². The highest BCUT2D eigenvalue weighted by Crippen LogP contribution is 2.00. The molecule has 0 saturated heterocycles. The lowest BCUT2D eigenvalue weighted by Crippen LogP contribution is -2.46. The van der Waals surface area contributed by atoms with Crippen molar-refractivity contribution in [2.45, 2.75) is 52.1 Å².